The van der Waals surface area contributed by atoms with Crippen molar-refractivity contribution in [2.24, 2.45) is 0 Å². The maximum atomic E-state index is 12.5. The van der Waals surface area contributed by atoms with Crippen molar-refractivity contribution in [3.8, 4) is 11.4 Å². The van der Waals surface area contributed by atoms with E-state index in [-0.39, 0.29) is 5.91 Å². The summed E-state index contributed by atoms with van der Waals surface area (Å²) in [7, 11) is 1.66. The highest BCUT2D eigenvalue weighted by Gasteiger charge is 2.13. The number of aromatic nitrogens is 2. The van der Waals surface area contributed by atoms with E-state index in [1.165, 1.54) is 19.3 Å². The van der Waals surface area contributed by atoms with Crippen molar-refractivity contribution in [3.05, 3.63) is 53.9 Å². The van der Waals surface area contributed by atoms with Crippen LogP contribution in [0.5, 0.6) is 5.75 Å². The average molecular weight is 380 g/mol. The quantitative estimate of drug-likeness (QED) is 0.530. The summed E-state index contributed by atoms with van der Waals surface area (Å²) in [4.78, 5) is 17.1. The van der Waals surface area contributed by atoms with Crippen LogP contribution in [0.3, 0.4) is 0 Å². The number of unbranched alkanes of at least 4 members (excludes halogenated alkanes) is 4. The first kappa shape index (κ1) is 19.9. The summed E-state index contributed by atoms with van der Waals surface area (Å²) >= 11 is 0. The van der Waals surface area contributed by atoms with Gasteiger partial charge in [-0.05, 0) is 43.7 Å². The highest BCUT2D eigenvalue weighted by atomic mass is 16.5. The SMILES string of the molecule is CCCCCCCNC(=O)c1ccc2c(c1)nc(C)n2-c1cccc(OC)c1. The molecule has 1 amide bonds. The summed E-state index contributed by atoms with van der Waals surface area (Å²) in [5.74, 6) is 1.64. The standard InChI is InChI=1S/C23H29N3O2/c1-4-5-6-7-8-14-24-23(27)18-12-13-22-21(15-18)25-17(2)26(22)19-10-9-11-20(16-19)28-3/h9-13,15-16H,4-8,14H2,1-3H3,(H,24,27). The summed E-state index contributed by atoms with van der Waals surface area (Å²) < 4.78 is 7.41. The highest BCUT2D eigenvalue weighted by Crippen LogP contribution is 2.24. The van der Waals surface area contributed by atoms with Gasteiger partial charge in [0.05, 0.1) is 23.8 Å². The molecule has 0 atom stereocenters. The number of nitrogens with one attached hydrogen (secondary N) is 1. The molecule has 1 aromatic heterocycles. The second-order valence-electron chi connectivity index (χ2n) is 7.07. The lowest BCUT2D eigenvalue weighted by Gasteiger charge is -2.09. The summed E-state index contributed by atoms with van der Waals surface area (Å²) in [6, 6.07) is 13.6. The topological polar surface area (TPSA) is 56.2 Å². The molecule has 3 rings (SSSR count). The van der Waals surface area contributed by atoms with Crippen LogP contribution in [-0.2, 0) is 0 Å². The molecule has 0 fully saturated rings. The number of amides is 1. The zero-order valence-corrected chi connectivity index (χ0v) is 17.0. The van der Waals surface area contributed by atoms with Gasteiger partial charge in [-0.1, -0.05) is 38.7 Å². The third-order valence-corrected chi connectivity index (χ3v) is 4.96. The van der Waals surface area contributed by atoms with E-state index in [1.807, 2.05) is 49.4 Å². The second kappa shape index (κ2) is 9.40. The summed E-state index contributed by atoms with van der Waals surface area (Å²) in [5, 5.41) is 3.02. The minimum Gasteiger partial charge on any atom is -0.497 e. The Morgan fingerprint density at radius 1 is 1.11 bits per heavy atom. The van der Waals surface area contributed by atoms with E-state index in [0.29, 0.717) is 5.56 Å². The van der Waals surface area contributed by atoms with Gasteiger partial charge in [-0.25, -0.2) is 4.98 Å². The van der Waals surface area contributed by atoms with Crippen molar-refractivity contribution in [3.63, 3.8) is 0 Å². The number of hydrogen-bond acceptors (Lipinski definition) is 3. The van der Waals surface area contributed by atoms with Crippen molar-refractivity contribution in [2.75, 3.05) is 13.7 Å². The minimum absolute atomic E-state index is 0.0361. The van der Waals surface area contributed by atoms with E-state index in [1.54, 1.807) is 7.11 Å². The van der Waals surface area contributed by atoms with Crippen molar-refractivity contribution in [2.45, 2.75) is 46.0 Å². The zero-order chi connectivity index (χ0) is 19.9. The van der Waals surface area contributed by atoms with Gasteiger partial charge in [-0.2, -0.15) is 0 Å². The zero-order valence-electron chi connectivity index (χ0n) is 17.0. The molecule has 0 aliphatic rings. The summed E-state index contributed by atoms with van der Waals surface area (Å²) in [6.45, 7) is 4.89. The maximum absolute atomic E-state index is 12.5. The first-order valence-corrected chi connectivity index (χ1v) is 10.1. The first-order valence-electron chi connectivity index (χ1n) is 10.1. The van der Waals surface area contributed by atoms with Crippen molar-refractivity contribution >= 4 is 16.9 Å². The Kier molecular flexibility index (Phi) is 6.69. The minimum atomic E-state index is -0.0361. The smallest absolute Gasteiger partial charge is 0.251 e. The van der Waals surface area contributed by atoms with Gasteiger partial charge in [-0.15, -0.1) is 0 Å². The van der Waals surface area contributed by atoms with E-state index in [0.717, 1.165) is 47.7 Å². The Hall–Kier alpha value is -2.82. The third-order valence-electron chi connectivity index (χ3n) is 4.96. The molecule has 3 aromatic rings. The Morgan fingerprint density at radius 2 is 1.93 bits per heavy atom. The van der Waals surface area contributed by atoms with Crippen molar-refractivity contribution in [1.29, 1.82) is 0 Å². The normalized spacial score (nSPS) is 11.0. The molecule has 5 heteroatoms. The lowest BCUT2D eigenvalue weighted by Crippen LogP contribution is -2.24. The van der Waals surface area contributed by atoms with Gasteiger partial charge in [0.25, 0.3) is 5.91 Å². The fraction of sp³-hybridized carbons (Fsp3) is 0.391. The van der Waals surface area contributed by atoms with E-state index >= 15 is 0 Å². The number of ether oxygens (including phenoxy) is 1. The molecule has 0 spiro atoms. The number of carbonyl (C=O) groups excluding carboxylic acids is 1. The number of nitrogens with zero attached hydrogens (tertiary/aromatic N) is 2. The molecular formula is C23H29N3O2. The maximum Gasteiger partial charge on any atom is 0.251 e. The Bertz CT molecular complexity index is 946. The van der Waals surface area contributed by atoms with E-state index in [4.69, 9.17) is 4.74 Å². The molecule has 0 saturated carbocycles. The molecule has 0 radical (unpaired) electrons. The van der Waals surface area contributed by atoms with Gasteiger partial charge in [0.2, 0.25) is 0 Å². The van der Waals surface area contributed by atoms with Crippen LogP contribution in [-0.4, -0.2) is 29.1 Å². The van der Waals surface area contributed by atoms with E-state index in [2.05, 4.69) is 21.8 Å². The molecule has 148 valence electrons. The van der Waals surface area contributed by atoms with Crippen molar-refractivity contribution in [1.82, 2.24) is 14.9 Å². The number of carbonyl (C=O) groups is 1. The average Bonchev–Trinajstić information content (AvgIpc) is 3.05. The number of fused-ring (bicyclic) bond motifs is 1. The van der Waals surface area contributed by atoms with Gasteiger partial charge in [0.1, 0.15) is 11.6 Å². The first-order chi connectivity index (χ1) is 13.6. The lowest BCUT2D eigenvalue weighted by atomic mass is 10.1. The lowest BCUT2D eigenvalue weighted by molar-refractivity contribution is 0.0953. The van der Waals surface area contributed by atoms with Crippen molar-refractivity contribution < 1.29 is 9.53 Å². The van der Waals surface area contributed by atoms with Gasteiger partial charge >= 0.3 is 0 Å². The van der Waals surface area contributed by atoms with Crippen LogP contribution >= 0.6 is 0 Å². The van der Waals surface area contributed by atoms with Crippen LogP contribution in [0.2, 0.25) is 0 Å². The molecule has 0 bridgehead atoms. The van der Waals surface area contributed by atoms with Crippen LogP contribution in [0, 0.1) is 6.92 Å². The molecule has 0 aliphatic heterocycles. The summed E-state index contributed by atoms with van der Waals surface area (Å²) in [5.41, 5.74) is 3.43. The van der Waals surface area contributed by atoms with E-state index in [9.17, 15) is 4.79 Å². The van der Waals surface area contributed by atoms with Gasteiger partial charge in [0, 0.05) is 18.2 Å². The predicted molar refractivity (Wildman–Crippen MR) is 113 cm³/mol. The molecule has 1 heterocycles. The summed E-state index contributed by atoms with van der Waals surface area (Å²) in [6.07, 6.45) is 5.92. The van der Waals surface area contributed by atoms with E-state index < -0.39 is 0 Å². The molecular weight excluding hydrogens is 350 g/mol. The molecule has 1 N–H and O–H groups in total. The Balaban J connectivity index is 1.75. The Morgan fingerprint density at radius 3 is 2.71 bits per heavy atom. The number of hydrogen-bond donors (Lipinski definition) is 1. The largest absolute Gasteiger partial charge is 0.497 e. The van der Waals surface area contributed by atoms with Crippen LogP contribution in [0.25, 0.3) is 16.7 Å². The van der Waals surface area contributed by atoms with Crippen LogP contribution < -0.4 is 10.1 Å². The number of rotatable bonds is 9. The molecule has 2 aromatic carbocycles. The number of benzene rings is 2. The van der Waals surface area contributed by atoms with Crippen LogP contribution in [0.1, 0.15) is 55.2 Å². The predicted octanol–water partition coefficient (Wildman–Crippen LogP) is 5.04. The molecule has 0 saturated heterocycles. The van der Waals surface area contributed by atoms with Crippen LogP contribution in [0.4, 0.5) is 0 Å². The number of aryl methyl sites for hydroxylation is 1. The third kappa shape index (κ3) is 4.53. The van der Waals surface area contributed by atoms with Gasteiger partial charge in [0.15, 0.2) is 0 Å². The monoisotopic (exact) mass is 379 g/mol. The van der Waals surface area contributed by atoms with Gasteiger partial charge < -0.3 is 10.1 Å². The van der Waals surface area contributed by atoms with Gasteiger partial charge in [-0.3, -0.25) is 9.36 Å². The fourth-order valence-electron chi connectivity index (χ4n) is 3.45. The number of methoxy groups -OCH3 is 1. The van der Waals surface area contributed by atoms with Crippen LogP contribution in [0.15, 0.2) is 42.5 Å². The molecule has 5 nitrogen and oxygen atoms in total. The molecule has 0 aliphatic carbocycles. The molecule has 0 unspecified atom stereocenters. The fourth-order valence-corrected chi connectivity index (χ4v) is 3.45. The number of imidazole rings is 1. The molecule has 28 heavy (non-hydrogen) atoms. The Labute approximate surface area is 166 Å². The highest BCUT2D eigenvalue weighted by molar-refractivity contribution is 5.97. The second-order valence-corrected chi connectivity index (χ2v) is 7.07.